The Balaban J connectivity index is 2.67. The van der Waals surface area contributed by atoms with Crippen LogP contribution >= 0.6 is 0 Å². The molecule has 2 N–H and O–H groups in total. The smallest absolute Gasteiger partial charge is 0.242 e. The van der Waals surface area contributed by atoms with Gasteiger partial charge in [0, 0.05) is 27.3 Å². The van der Waals surface area contributed by atoms with Gasteiger partial charge in [0.2, 0.25) is 5.91 Å². The zero-order valence-corrected chi connectivity index (χ0v) is 10.5. The van der Waals surface area contributed by atoms with Crippen LogP contribution in [-0.2, 0) is 14.3 Å². The molecule has 3 atom stereocenters. The summed E-state index contributed by atoms with van der Waals surface area (Å²) < 4.78 is 10.6. The lowest BCUT2D eigenvalue weighted by atomic mass is 9.99. The Labute approximate surface area is 96.9 Å². The van der Waals surface area contributed by atoms with E-state index >= 15 is 0 Å². The third-order valence-corrected chi connectivity index (χ3v) is 3.33. The molecule has 1 aliphatic heterocycles. The van der Waals surface area contributed by atoms with Gasteiger partial charge in [-0.2, -0.15) is 0 Å². The van der Waals surface area contributed by atoms with E-state index in [1.54, 1.807) is 26.0 Å². The first-order valence-corrected chi connectivity index (χ1v) is 5.60. The molecule has 0 aromatic heterocycles. The number of rotatable bonds is 4. The monoisotopic (exact) mass is 230 g/mol. The third-order valence-electron chi connectivity index (χ3n) is 3.33. The van der Waals surface area contributed by atoms with Crippen LogP contribution in [0.1, 0.15) is 20.3 Å². The molecule has 3 unspecified atom stereocenters. The number of methoxy groups -OCH3 is 2. The Kier molecular flexibility index (Phi) is 4.29. The molecule has 1 amide bonds. The van der Waals surface area contributed by atoms with E-state index in [9.17, 15) is 4.79 Å². The Morgan fingerprint density at radius 1 is 1.38 bits per heavy atom. The summed E-state index contributed by atoms with van der Waals surface area (Å²) in [5.41, 5.74) is 5.15. The highest BCUT2D eigenvalue weighted by molar-refractivity contribution is 5.86. The fraction of sp³-hybridized carbons (Fsp3) is 0.909. The number of nitrogens with two attached hydrogens (primary N) is 1. The van der Waals surface area contributed by atoms with Gasteiger partial charge in [-0.1, -0.05) is 6.92 Å². The van der Waals surface area contributed by atoms with E-state index in [0.29, 0.717) is 19.5 Å². The average Bonchev–Trinajstić information content (AvgIpc) is 2.70. The number of ether oxygens (including phenoxy) is 2. The maximum Gasteiger partial charge on any atom is 0.242 e. The summed E-state index contributed by atoms with van der Waals surface area (Å²) in [4.78, 5) is 13.8. The molecule has 5 nitrogen and oxygen atoms in total. The molecule has 0 aromatic carbocycles. The van der Waals surface area contributed by atoms with Crippen molar-refractivity contribution in [1.82, 2.24) is 4.90 Å². The molecule has 0 saturated carbocycles. The first-order chi connectivity index (χ1) is 7.46. The summed E-state index contributed by atoms with van der Waals surface area (Å²) >= 11 is 0. The van der Waals surface area contributed by atoms with E-state index in [0.717, 1.165) is 0 Å². The summed E-state index contributed by atoms with van der Waals surface area (Å²) in [5, 5.41) is 0. The van der Waals surface area contributed by atoms with Crippen LogP contribution in [0.2, 0.25) is 0 Å². The van der Waals surface area contributed by atoms with Gasteiger partial charge in [-0.25, -0.2) is 0 Å². The SMILES string of the molecule is CCC(C)(N)C(=O)N1CC(OC)C(OC)C1. The van der Waals surface area contributed by atoms with E-state index in [4.69, 9.17) is 15.2 Å². The quantitative estimate of drug-likeness (QED) is 0.737. The van der Waals surface area contributed by atoms with Crippen LogP contribution in [0.15, 0.2) is 0 Å². The predicted molar refractivity (Wildman–Crippen MR) is 61.1 cm³/mol. The first kappa shape index (κ1) is 13.4. The molecule has 1 aliphatic rings. The predicted octanol–water partition coefficient (Wildman–Crippen LogP) is -0.0140. The van der Waals surface area contributed by atoms with Gasteiger partial charge in [0.15, 0.2) is 0 Å². The number of nitrogens with zero attached hydrogens (tertiary/aromatic N) is 1. The molecular weight excluding hydrogens is 208 g/mol. The maximum absolute atomic E-state index is 12.1. The highest BCUT2D eigenvalue weighted by Gasteiger charge is 2.40. The van der Waals surface area contributed by atoms with Gasteiger partial charge in [-0.15, -0.1) is 0 Å². The summed E-state index contributed by atoms with van der Waals surface area (Å²) in [7, 11) is 3.26. The minimum atomic E-state index is -0.791. The number of carbonyl (C=O) groups excluding carboxylic acids is 1. The fourth-order valence-corrected chi connectivity index (χ4v) is 1.87. The van der Waals surface area contributed by atoms with Gasteiger partial charge < -0.3 is 20.1 Å². The van der Waals surface area contributed by atoms with Crippen molar-refractivity contribution in [1.29, 1.82) is 0 Å². The maximum atomic E-state index is 12.1. The molecule has 1 heterocycles. The standard InChI is InChI=1S/C11H22N2O3/c1-5-11(2,12)10(14)13-6-8(15-3)9(7-13)16-4/h8-9H,5-7,12H2,1-4H3. The second-order valence-corrected chi connectivity index (χ2v) is 4.53. The van der Waals surface area contributed by atoms with Crippen molar-refractivity contribution < 1.29 is 14.3 Å². The summed E-state index contributed by atoms with van der Waals surface area (Å²) in [6.07, 6.45) is 0.515. The number of hydrogen-bond acceptors (Lipinski definition) is 4. The third kappa shape index (κ3) is 2.53. The molecule has 5 heteroatoms. The molecule has 16 heavy (non-hydrogen) atoms. The molecule has 0 bridgehead atoms. The minimum Gasteiger partial charge on any atom is -0.377 e. The van der Waals surface area contributed by atoms with Crippen LogP contribution in [0.25, 0.3) is 0 Å². The van der Waals surface area contributed by atoms with Gasteiger partial charge in [-0.05, 0) is 13.3 Å². The minimum absolute atomic E-state index is 0.0309. The Morgan fingerprint density at radius 2 is 1.81 bits per heavy atom. The lowest BCUT2D eigenvalue weighted by Crippen LogP contribution is -2.52. The van der Waals surface area contributed by atoms with E-state index in [1.807, 2.05) is 6.92 Å². The number of amides is 1. The van der Waals surface area contributed by atoms with Crippen LogP contribution in [-0.4, -0.2) is 55.9 Å². The normalized spacial score (nSPS) is 29.2. The molecule has 1 rings (SSSR count). The molecule has 1 saturated heterocycles. The van der Waals surface area contributed by atoms with Gasteiger partial charge in [0.25, 0.3) is 0 Å². The van der Waals surface area contributed by atoms with Gasteiger partial charge in [0.1, 0.15) is 12.2 Å². The molecule has 0 aromatic rings. The van der Waals surface area contributed by atoms with Crippen LogP contribution < -0.4 is 5.73 Å². The fourth-order valence-electron chi connectivity index (χ4n) is 1.87. The Hall–Kier alpha value is -0.650. The van der Waals surface area contributed by atoms with Crippen LogP contribution in [0.4, 0.5) is 0 Å². The summed E-state index contributed by atoms with van der Waals surface area (Å²) in [6, 6.07) is 0. The van der Waals surface area contributed by atoms with Crippen LogP contribution in [0.5, 0.6) is 0 Å². The molecule has 0 spiro atoms. The van der Waals surface area contributed by atoms with Crippen molar-refractivity contribution in [2.45, 2.75) is 38.0 Å². The zero-order valence-electron chi connectivity index (χ0n) is 10.5. The van der Waals surface area contributed by atoms with Crippen molar-refractivity contribution in [2.24, 2.45) is 5.73 Å². The van der Waals surface area contributed by atoms with E-state index in [-0.39, 0.29) is 18.1 Å². The largest absolute Gasteiger partial charge is 0.377 e. The van der Waals surface area contributed by atoms with Crippen molar-refractivity contribution in [3.05, 3.63) is 0 Å². The average molecular weight is 230 g/mol. The summed E-state index contributed by atoms with van der Waals surface area (Å²) in [5.74, 6) is -0.0309. The Morgan fingerprint density at radius 3 is 2.12 bits per heavy atom. The van der Waals surface area contributed by atoms with Crippen LogP contribution in [0.3, 0.4) is 0 Å². The topological polar surface area (TPSA) is 64.8 Å². The summed E-state index contributed by atoms with van der Waals surface area (Å²) in [6.45, 7) is 4.79. The van der Waals surface area contributed by atoms with E-state index in [1.165, 1.54) is 0 Å². The number of hydrogen-bond donors (Lipinski definition) is 1. The zero-order chi connectivity index (χ0) is 12.3. The highest BCUT2D eigenvalue weighted by atomic mass is 16.5. The second kappa shape index (κ2) is 5.12. The van der Waals surface area contributed by atoms with Gasteiger partial charge in [-0.3, -0.25) is 4.79 Å². The number of likely N-dealkylation sites (tertiary alicyclic amines) is 1. The molecule has 1 fully saturated rings. The van der Waals surface area contributed by atoms with Gasteiger partial charge in [0.05, 0.1) is 5.54 Å². The van der Waals surface area contributed by atoms with E-state index < -0.39 is 5.54 Å². The Bertz CT molecular complexity index is 244. The van der Waals surface area contributed by atoms with Crippen LogP contribution in [0, 0.1) is 0 Å². The van der Waals surface area contributed by atoms with Crippen molar-refractivity contribution in [3.8, 4) is 0 Å². The van der Waals surface area contributed by atoms with Crippen molar-refractivity contribution in [2.75, 3.05) is 27.3 Å². The molecule has 94 valence electrons. The van der Waals surface area contributed by atoms with Gasteiger partial charge >= 0.3 is 0 Å². The highest BCUT2D eigenvalue weighted by Crippen LogP contribution is 2.19. The lowest BCUT2D eigenvalue weighted by molar-refractivity contribution is -0.136. The second-order valence-electron chi connectivity index (χ2n) is 4.53. The van der Waals surface area contributed by atoms with E-state index in [2.05, 4.69) is 0 Å². The first-order valence-electron chi connectivity index (χ1n) is 5.60. The molecule has 0 radical (unpaired) electrons. The number of carbonyl (C=O) groups is 1. The lowest BCUT2D eigenvalue weighted by Gasteiger charge is -2.27. The van der Waals surface area contributed by atoms with Crippen molar-refractivity contribution >= 4 is 5.91 Å². The molecule has 0 aliphatic carbocycles. The molecular formula is C11H22N2O3. The van der Waals surface area contributed by atoms with Crippen molar-refractivity contribution in [3.63, 3.8) is 0 Å².